The van der Waals surface area contributed by atoms with Crippen molar-refractivity contribution in [3.63, 3.8) is 0 Å². The van der Waals surface area contributed by atoms with Crippen molar-refractivity contribution in [1.82, 2.24) is 20.0 Å². The smallest absolute Gasteiger partial charge is 0.123 e. The van der Waals surface area contributed by atoms with E-state index < -0.39 is 0 Å². The average Bonchev–Trinajstić information content (AvgIpc) is 2.80. The highest BCUT2D eigenvalue weighted by Crippen LogP contribution is 2.06. The molecule has 0 saturated heterocycles. The summed E-state index contributed by atoms with van der Waals surface area (Å²) in [7, 11) is 0. The van der Waals surface area contributed by atoms with Crippen LogP contribution in [0.25, 0.3) is 0 Å². The Kier molecular flexibility index (Phi) is 3.32. The summed E-state index contributed by atoms with van der Waals surface area (Å²) in [5.74, 6) is 0.535. The number of nitrogens with one attached hydrogen (secondary N) is 1. The van der Waals surface area contributed by atoms with Crippen molar-refractivity contribution in [3.05, 3.63) is 30.7 Å². The van der Waals surface area contributed by atoms with Crippen LogP contribution in [0.4, 0.5) is 11.5 Å². The van der Waals surface area contributed by atoms with Gasteiger partial charge >= 0.3 is 0 Å². The summed E-state index contributed by atoms with van der Waals surface area (Å²) in [5, 5.41) is 10.9. The van der Waals surface area contributed by atoms with E-state index in [4.69, 9.17) is 5.73 Å². The number of aryl methyl sites for hydroxylation is 1. The second-order valence-electron chi connectivity index (χ2n) is 3.42. The van der Waals surface area contributed by atoms with Crippen LogP contribution in [0.5, 0.6) is 0 Å². The van der Waals surface area contributed by atoms with Gasteiger partial charge in [-0.1, -0.05) is 5.21 Å². The minimum atomic E-state index is 0.535. The summed E-state index contributed by atoms with van der Waals surface area (Å²) in [4.78, 5) is 4.00. The molecule has 0 aromatic carbocycles. The van der Waals surface area contributed by atoms with Gasteiger partial charge in [-0.15, -0.1) is 5.10 Å². The molecule has 0 atom stereocenters. The molecule has 0 bridgehead atoms. The highest BCUT2D eigenvalue weighted by molar-refractivity contribution is 5.45. The van der Waals surface area contributed by atoms with Gasteiger partial charge in [0.05, 0.1) is 18.1 Å². The Balaban J connectivity index is 1.70. The van der Waals surface area contributed by atoms with Crippen LogP contribution in [-0.4, -0.2) is 26.5 Å². The van der Waals surface area contributed by atoms with Gasteiger partial charge in [-0.05, 0) is 18.6 Å². The van der Waals surface area contributed by atoms with Crippen molar-refractivity contribution < 1.29 is 0 Å². The highest BCUT2D eigenvalue weighted by atomic mass is 15.4. The SMILES string of the molecule is Nc1ccc(NCCCn2ccnn2)cn1. The van der Waals surface area contributed by atoms with Crippen LogP contribution in [0, 0.1) is 0 Å². The lowest BCUT2D eigenvalue weighted by Gasteiger charge is -2.05. The van der Waals surface area contributed by atoms with Gasteiger partial charge in [0.1, 0.15) is 5.82 Å². The van der Waals surface area contributed by atoms with Gasteiger partial charge in [-0.25, -0.2) is 4.98 Å². The van der Waals surface area contributed by atoms with E-state index in [0.29, 0.717) is 5.82 Å². The van der Waals surface area contributed by atoms with E-state index in [1.165, 1.54) is 0 Å². The maximum absolute atomic E-state index is 5.49. The van der Waals surface area contributed by atoms with Crippen molar-refractivity contribution in [2.45, 2.75) is 13.0 Å². The van der Waals surface area contributed by atoms with Crippen molar-refractivity contribution in [1.29, 1.82) is 0 Å². The van der Waals surface area contributed by atoms with Gasteiger partial charge in [0.2, 0.25) is 0 Å². The lowest BCUT2D eigenvalue weighted by molar-refractivity contribution is 0.570. The van der Waals surface area contributed by atoms with Crippen molar-refractivity contribution >= 4 is 11.5 Å². The fourth-order valence-corrected chi connectivity index (χ4v) is 1.34. The van der Waals surface area contributed by atoms with Gasteiger partial charge < -0.3 is 11.1 Å². The summed E-state index contributed by atoms with van der Waals surface area (Å²) in [6, 6.07) is 3.69. The summed E-state index contributed by atoms with van der Waals surface area (Å²) in [5.41, 5.74) is 6.47. The highest BCUT2D eigenvalue weighted by Gasteiger charge is 1.94. The van der Waals surface area contributed by atoms with E-state index in [1.54, 1.807) is 18.5 Å². The Bertz CT molecular complexity index is 407. The Hall–Kier alpha value is -2.11. The van der Waals surface area contributed by atoms with Gasteiger partial charge in [-0.2, -0.15) is 0 Å². The van der Waals surface area contributed by atoms with Crippen LogP contribution in [0.15, 0.2) is 30.7 Å². The monoisotopic (exact) mass is 218 g/mol. The standard InChI is InChI=1S/C10H14N6/c11-10-3-2-9(8-13-10)12-4-1-6-16-7-5-14-15-16/h2-3,5,7-8,12H,1,4,6H2,(H2,11,13). The molecule has 0 aliphatic heterocycles. The first-order valence-electron chi connectivity index (χ1n) is 5.14. The van der Waals surface area contributed by atoms with Gasteiger partial charge in [0, 0.05) is 19.3 Å². The molecular weight excluding hydrogens is 204 g/mol. The normalized spacial score (nSPS) is 10.2. The second kappa shape index (κ2) is 5.11. The second-order valence-corrected chi connectivity index (χ2v) is 3.42. The molecule has 2 rings (SSSR count). The molecule has 2 heterocycles. The molecule has 6 nitrogen and oxygen atoms in total. The number of rotatable bonds is 5. The topological polar surface area (TPSA) is 81.6 Å². The molecule has 0 fully saturated rings. The number of nitrogens with zero attached hydrogens (tertiary/aromatic N) is 4. The fraction of sp³-hybridized carbons (Fsp3) is 0.300. The molecule has 0 aliphatic carbocycles. The minimum Gasteiger partial charge on any atom is -0.384 e. The number of nitrogens with two attached hydrogens (primary N) is 1. The largest absolute Gasteiger partial charge is 0.384 e. The maximum atomic E-state index is 5.49. The molecule has 84 valence electrons. The van der Waals surface area contributed by atoms with E-state index in [1.807, 2.05) is 16.9 Å². The summed E-state index contributed by atoms with van der Waals surface area (Å²) < 4.78 is 1.81. The number of pyridine rings is 1. The number of aromatic nitrogens is 4. The van der Waals surface area contributed by atoms with Gasteiger partial charge in [0.25, 0.3) is 0 Å². The zero-order valence-electron chi connectivity index (χ0n) is 8.87. The first kappa shape index (κ1) is 10.4. The molecule has 0 aliphatic rings. The van der Waals surface area contributed by atoms with E-state index >= 15 is 0 Å². The first-order valence-corrected chi connectivity index (χ1v) is 5.14. The molecule has 0 spiro atoms. The Morgan fingerprint density at radius 3 is 3.00 bits per heavy atom. The Morgan fingerprint density at radius 1 is 1.38 bits per heavy atom. The fourth-order valence-electron chi connectivity index (χ4n) is 1.34. The molecule has 0 amide bonds. The maximum Gasteiger partial charge on any atom is 0.123 e. The molecule has 3 N–H and O–H groups in total. The average molecular weight is 218 g/mol. The first-order chi connectivity index (χ1) is 7.84. The van der Waals surface area contributed by atoms with Gasteiger partial charge in [0.15, 0.2) is 0 Å². The van der Waals surface area contributed by atoms with Crippen LogP contribution >= 0.6 is 0 Å². The van der Waals surface area contributed by atoms with Crippen LogP contribution in [0.3, 0.4) is 0 Å². The van der Waals surface area contributed by atoms with E-state index in [0.717, 1.165) is 25.2 Å². The predicted octanol–water partition coefficient (Wildman–Crippen LogP) is 0.757. The number of anilines is 2. The zero-order valence-corrected chi connectivity index (χ0v) is 8.87. The molecular formula is C10H14N6. The zero-order chi connectivity index (χ0) is 11.2. The molecule has 0 radical (unpaired) electrons. The quantitative estimate of drug-likeness (QED) is 0.724. The third-order valence-corrected chi connectivity index (χ3v) is 2.15. The molecule has 0 unspecified atom stereocenters. The number of hydrogen-bond acceptors (Lipinski definition) is 5. The third-order valence-electron chi connectivity index (χ3n) is 2.15. The molecule has 2 aromatic rings. The third kappa shape index (κ3) is 2.94. The van der Waals surface area contributed by atoms with Crippen LogP contribution in [-0.2, 0) is 6.54 Å². The minimum absolute atomic E-state index is 0.535. The van der Waals surface area contributed by atoms with Crippen molar-refractivity contribution in [2.24, 2.45) is 0 Å². The summed E-state index contributed by atoms with van der Waals surface area (Å²) in [6.07, 6.45) is 6.24. The summed E-state index contributed by atoms with van der Waals surface area (Å²) in [6.45, 7) is 1.72. The van der Waals surface area contributed by atoms with Crippen LogP contribution < -0.4 is 11.1 Å². The predicted molar refractivity (Wildman–Crippen MR) is 61.8 cm³/mol. The number of nitrogen functional groups attached to an aromatic ring is 1. The van der Waals surface area contributed by atoms with Gasteiger partial charge in [-0.3, -0.25) is 4.68 Å². The van der Waals surface area contributed by atoms with E-state index in [9.17, 15) is 0 Å². The van der Waals surface area contributed by atoms with Crippen molar-refractivity contribution in [3.8, 4) is 0 Å². The van der Waals surface area contributed by atoms with Crippen molar-refractivity contribution in [2.75, 3.05) is 17.6 Å². The molecule has 2 aromatic heterocycles. The van der Waals surface area contributed by atoms with Crippen LogP contribution in [0.1, 0.15) is 6.42 Å². The lowest BCUT2D eigenvalue weighted by atomic mass is 10.3. The Morgan fingerprint density at radius 2 is 2.31 bits per heavy atom. The van der Waals surface area contributed by atoms with E-state index in [-0.39, 0.29) is 0 Å². The Labute approximate surface area is 93.5 Å². The van der Waals surface area contributed by atoms with Crippen LogP contribution in [0.2, 0.25) is 0 Å². The molecule has 6 heteroatoms. The van der Waals surface area contributed by atoms with E-state index in [2.05, 4.69) is 20.6 Å². The molecule has 16 heavy (non-hydrogen) atoms. The summed E-state index contributed by atoms with van der Waals surface area (Å²) >= 11 is 0. The molecule has 0 saturated carbocycles. The number of hydrogen-bond donors (Lipinski definition) is 2. The lowest BCUT2D eigenvalue weighted by Crippen LogP contribution is -2.07.